The molecule has 1 aromatic carbocycles. The van der Waals surface area contributed by atoms with E-state index in [1.807, 2.05) is 26.0 Å². The van der Waals surface area contributed by atoms with E-state index in [1.165, 1.54) is 36.5 Å². The number of carbonyl (C=O) groups is 1. The third kappa shape index (κ3) is 4.70. The molecule has 1 fully saturated rings. The molecule has 1 N–H and O–H groups in total. The van der Waals surface area contributed by atoms with Crippen molar-refractivity contribution < 1.29 is 4.79 Å². The monoisotopic (exact) mass is 427 g/mol. The topological polar surface area (TPSA) is 71.0 Å². The van der Waals surface area contributed by atoms with Crippen LogP contribution >= 0.6 is 23.1 Å². The molecule has 1 aliphatic rings. The van der Waals surface area contributed by atoms with Gasteiger partial charge in [0.25, 0.3) is 0 Å². The van der Waals surface area contributed by atoms with E-state index in [0.717, 1.165) is 44.8 Å². The molecule has 8 heteroatoms. The molecule has 1 amide bonds. The van der Waals surface area contributed by atoms with Crippen molar-refractivity contribution in [1.82, 2.24) is 15.0 Å². The smallest absolute Gasteiger partial charge is 0.234 e. The summed E-state index contributed by atoms with van der Waals surface area (Å²) in [7, 11) is 0. The molecule has 6 nitrogen and oxygen atoms in total. The first-order valence-corrected chi connectivity index (χ1v) is 11.7. The maximum Gasteiger partial charge on any atom is 0.234 e. The van der Waals surface area contributed by atoms with Crippen LogP contribution in [0.2, 0.25) is 0 Å². The normalized spacial score (nSPS) is 16.9. The molecule has 1 saturated heterocycles. The van der Waals surface area contributed by atoms with Crippen LogP contribution in [-0.2, 0) is 4.79 Å². The van der Waals surface area contributed by atoms with E-state index in [0.29, 0.717) is 11.7 Å². The lowest BCUT2D eigenvalue weighted by Gasteiger charge is -2.30. The van der Waals surface area contributed by atoms with E-state index in [2.05, 4.69) is 33.2 Å². The van der Waals surface area contributed by atoms with Crippen LogP contribution in [0.4, 0.5) is 10.8 Å². The number of hydrogen-bond acceptors (Lipinski definition) is 7. The highest BCUT2D eigenvalue weighted by atomic mass is 32.2. The Kier molecular flexibility index (Phi) is 6.01. The number of thioether (sulfide) groups is 1. The summed E-state index contributed by atoms with van der Waals surface area (Å²) in [6, 6.07) is 6.02. The van der Waals surface area contributed by atoms with E-state index < -0.39 is 0 Å². The largest absolute Gasteiger partial charge is 0.348 e. The summed E-state index contributed by atoms with van der Waals surface area (Å²) in [6.07, 6.45) is 4.01. The molecule has 1 unspecified atom stereocenters. The average molecular weight is 428 g/mol. The van der Waals surface area contributed by atoms with Crippen molar-refractivity contribution in [1.29, 1.82) is 0 Å². The Morgan fingerprint density at radius 1 is 1.34 bits per heavy atom. The van der Waals surface area contributed by atoms with Gasteiger partial charge in [-0.2, -0.15) is 4.98 Å². The minimum Gasteiger partial charge on any atom is -0.348 e. The van der Waals surface area contributed by atoms with Gasteiger partial charge in [-0.3, -0.25) is 4.79 Å². The van der Waals surface area contributed by atoms with Crippen molar-refractivity contribution in [3.05, 3.63) is 35.7 Å². The third-order valence-electron chi connectivity index (χ3n) is 5.07. The molecule has 2 aromatic heterocycles. The number of aryl methyl sites for hydroxylation is 2. The fraction of sp³-hybridized carbons (Fsp3) is 0.429. The van der Waals surface area contributed by atoms with Crippen molar-refractivity contribution in [3.63, 3.8) is 0 Å². The zero-order valence-electron chi connectivity index (χ0n) is 16.9. The van der Waals surface area contributed by atoms with Crippen LogP contribution in [0, 0.1) is 19.8 Å². The number of aromatic nitrogens is 3. The Morgan fingerprint density at radius 2 is 2.21 bits per heavy atom. The van der Waals surface area contributed by atoms with Crippen LogP contribution in [0.15, 0.2) is 29.6 Å². The van der Waals surface area contributed by atoms with E-state index >= 15 is 0 Å². The first-order valence-electron chi connectivity index (χ1n) is 9.86. The number of hydrogen-bond donors (Lipinski definition) is 1. The zero-order valence-corrected chi connectivity index (χ0v) is 18.6. The molecule has 1 aliphatic heterocycles. The van der Waals surface area contributed by atoms with Gasteiger partial charge in [0.2, 0.25) is 5.91 Å². The van der Waals surface area contributed by atoms with Crippen LogP contribution in [0.5, 0.6) is 0 Å². The number of carbonyl (C=O) groups excluding carboxylic acids is 1. The Morgan fingerprint density at radius 3 is 3.00 bits per heavy atom. The Hall–Kier alpha value is -2.19. The molecule has 3 aromatic rings. The SMILES string of the molecule is Cc1ccc(NC(=O)CSc2ncnc3nc(N4CCCC(C)C4)sc23)c(C)c1. The van der Waals surface area contributed by atoms with Crippen LogP contribution < -0.4 is 10.2 Å². The number of piperidine rings is 1. The van der Waals surface area contributed by atoms with Gasteiger partial charge in [0.05, 0.1) is 5.75 Å². The number of fused-ring (bicyclic) bond motifs is 1. The van der Waals surface area contributed by atoms with Crippen molar-refractivity contribution in [2.24, 2.45) is 5.92 Å². The number of nitrogens with zero attached hydrogens (tertiary/aromatic N) is 4. The molecule has 29 heavy (non-hydrogen) atoms. The molecule has 0 saturated carbocycles. The van der Waals surface area contributed by atoms with Crippen molar-refractivity contribution in [2.45, 2.75) is 38.6 Å². The molecule has 0 radical (unpaired) electrons. The molecule has 1 atom stereocenters. The number of anilines is 2. The average Bonchev–Trinajstić information content (AvgIpc) is 3.13. The first-order chi connectivity index (χ1) is 14.0. The summed E-state index contributed by atoms with van der Waals surface area (Å²) in [5, 5.41) is 4.82. The van der Waals surface area contributed by atoms with E-state index in [1.54, 1.807) is 11.3 Å². The van der Waals surface area contributed by atoms with Gasteiger partial charge in [-0.05, 0) is 44.2 Å². The molecule has 0 spiro atoms. The Labute approximate surface area is 179 Å². The number of benzene rings is 1. The minimum atomic E-state index is -0.0386. The fourth-order valence-electron chi connectivity index (χ4n) is 3.60. The molecule has 4 rings (SSSR count). The predicted octanol–water partition coefficient (Wildman–Crippen LogP) is 4.67. The lowest BCUT2D eigenvalue weighted by Crippen LogP contribution is -2.34. The van der Waals surface area contributed by atoms with Crippen molar-refractivity contribution >= 4 is 50.2 Å². The maximum absolute atomic E-state index is 12.5. The van der Waals surface area contributed by atoms with Crippen LogP contribution in [-0.4, -0.2) is 39.7 Å². The first kappa shape index (κ1) is 20.1. The number of amides is 1. The van der Waals surface area contributed by atoms with Gasteiger partial charge in [-0.25, -0.2) is 9.97 Å². The van der Waals surface area contributed by atoms with Gasteiger partial charge in [0, 0.05) is 18.8 Å². The van der Waals surface area contributed by atoms with Gasteiger partial charge < -0.3 is 10.2 Å². The highest BCUT2D eigenvalue weighted by Crippen LogP contribution is 2.35. The summed E-state index contributed by atoms with van der Waals surface area (Å²) in [5.41, 5.74) is 3.82. The summed E-state index contributed by atoms with van der Waals surface area (Å²) < 4.78 is 0.963. The zero-order chi connectivity index (χ0) is 20.4. The highest BCUT2D eigenvalue weighted by molar-refractivity contribution is 8.00. The maximum atomic E-state index is 12.5. The summed E-state index contributed by atoms with van der Waals surface area (Å²) >= 11 is 3.06. The lowest BCUT2D eigenvalue weighted by atomic mass is 10.0. The van der Waals surface area contributed by atoms with E-state index in [-0.39, 0.29) is 5.91 Å². The van der Waals surface area contributed by atoms with Gasteiger partial charge in [0.15, 0.2) is 10.8 Å². The second kappa shape index (κ2) is 8.67. The van der Waals surface area contributed by atoms with Gasteiger partial charge in [-0.1, -0.05) is 47.7 Å². The Bertz CT molecular complexity index is 1040. The lowest BCUT2D eigenvalue weighted by molar-refractivity contribution is -0.113. The number of rotatable bonds is 5. The highest BCUT2D eigenvalue weighted by Gasteiger charge is 2.21. The quantitative estimate of drug-likeness (QED) is 0.471. The Balaban J connectivity index is 1.45. The molecule has 0 bridgehead atoms. The summed E-state index contributed by atoms with van der Waals surface area (Å²) in [4.78, 5) is 28.3. The summed E-state index contributed by atoms with van der Waals surface area (Å²) in [5.74, 6) is 0.945. The molecule has 0 aliphatic carbocycles. The van der Waals surface area contributed by atoms with Gasteiger partial charge in [0.1, 0.15) is 16.1 Å². The molecule has 3 heterocycles. The van der Waals surface area contributed by atoms with Crippen LogP contribution in [0.3, 0.4) is 0 Å². The number of nitrogens with one attached hydrogen (secondary N) is 1. The summed E-state index contributed by atoms with van der Waals surface area (Å²) in [6.45, 7) is 8.41. The second-order valence-corrected chi connectivity index (χ2v) is 9.62. The van der Waals surface area contributed by atoms with Crippen molar-refractivity contribution in [3.8, 4) is 0 Å². The van der Waals surface area contributed by atoms with Gasteiger partial charge in [-0.15, -0.1) is 0 Å². The standard InChI is InChI=1S/C21H25N5OS2/c1-13-6-7-16(15(3)9-13)24-17(27)11-28-20-18-19(22-12-23-20)25-21(29-18)26-8-4-5-14(2)10-26/h6-7,9,12,14H,4-5,8,10-11H2,1-3H3,(H,24,27). The van der Waals surface area contributed by atoms with E-state index in [4.69, 9.17) is 4.98 Å². The van der Waals surface area contributed by atoms with Crippen LogP contribution in [0.1, 0.15) is 30.9 Å². The fourth-order valence-corrected chi connectivity index (χ4v) is 5.52. The second-order valence-electron chi connectivity index (χ2n) is 7.68. The van der Waals surface area contributed by atoms with Crippen molar-refractivity contribution in [2.75, 3.05) is 29.1 Å². The molecular formula is C21H25N5OS2. The van der Waals surface area contributed by atoms with E-state index in [9.17, 15) is 4.79 Å². The third-order valence-corrected chi connectivity index (χ3v) is 7.30. The van der Waals surface area contributed by atoms with Crippen LogP contribution in [0.25, 0.3) is 10.3 Å². The minimum absolute atomic E-state index is 0.0386. The predicted molar refractivity (Wildman–Crippen MR) is 121 cm³/mol. The molecule has 152 valence electrons. The van der Waals surface area contributed by atoms with Gasteiger partial charge >= 0.3 is 0 Å². The number of thiazole rings is 1. The molecular weight excluding hydrogens is 402 g/mol.